The lowest BCUT2D eigenvalue weighted by Gasteiger charge is -2.26. The SMILES string of the molecule is O=C(CCS(=O)(=O)Cc1cccc(Cl)c1)NC1CCOc2ccccc21. The molecule has 26 heavy (non-hydrogen) atoms. The van der Waals surface area contributed by atoms with E-state index < -0.39 is 9.84 Å². The van der Waals surface area contributed by atoms with Gasteiger partial charge in [0.2, 0.25) is 5.91 Å². The number of fused-ring (bicyclic) bond motifs is 1. The first-order valence-electron chi connectivity index (χ1n) is 8.39. The molecule has 0 saturated heterocycles. The second-order valence-corrected chi connectivity index (χ2v) is 8.89. The van der Waals surface area contributed by atoms with E-state index in [9.17, 15) is 13.2 Å². The molecule has 7 heteroatoms. The first kappa shape index (κ1) is 18.7. The Balaban J connectivity index is 1.56. The summed E-state index contributed by atoms with van der Waals surface area (Å²) in [5.74, 6) is 0.163. The van der Waals surface area contributed by atoms with Gasteiger partial charge in [0.15, 0.2) is 9.84 Å². The van der Waals surface area contributed by atoms with Crippen LogP contribution < -0.4 is 10.1 Å². The van der Waals surface area contributed by atoms with Crippen molar-refractivity contribution in [1.29, 1.82) is 0 Å². The molecule has 1 unspecified atom stereocenters. The zero-order valence-electron chi connectivity index (χ0n) is 14.2. The number of nitrogens with one attached hydrogen (secondary N) is 1. The molecule has 0 bridgehead atoms. The van der Waals surface area contributed by atoms with E-state index in [0.29, 0.717) is 23.6 Å². The highest BCUT2D eigenvalue weighted by Crippen LogP contribution is 2.31. The maximum atomic E-state index is 12.3. The molecule has 3 rings (SSSR count). The van der Waals surface area contributed by atoms with Crippen molar-refractivity contribution in [3.05, 3.63) is 64.7 Å². The fraction of sp³-hybridized carbons (Fsp3) is 0.316. The van der Waals surface area contributed by atoms with E-state index in [-0.39, 0.29) is 29.9 Å². The minimum Gasteiger partial charge on any atom is -0.493 e. The largest absolute Gasteiger partial charge is 0.493 e. The number of rotatable bonds is 6. The van der Waals surface area contributed by atoms with Crippen molar-refractivity contribution in [3.8, 4) is 5.75 Å². The van der Waals surface area contributed by atoms with E-state index in [1.165, 1.54) is 0 Å². The van der Waals surface area contributed by atoms with Gasteiger partial charge in [0.1, 0.15) is 5.75 Å². The number of hydrogen-bond acceptors (Lipinski definition) is 4. The number of sulfone groups is 1. The standard InChI is InChI=1S/C19H20ClNO4S/c20-15-5-3-4-14(12-15)13-26(23,24)11-9-19(22)21-17-8-10-25-18-7-2-1-6-16(17)18/h1-7,12,17H,8-11,13H2,(H,21,22). The molecule has 1 aliphatic rings. The smallest absolute Gasteiger partial charge is 0.221 e. The van der Waals surface area contributed by atoms with Crippen molar-refractivity contribution in [2.24, 2.45) is 0 Å². The van der Waals surface area contributed by atoms with Gasteiger partial charge in [-0.2, -0.15) is 0 Å². The number of ether oxygens (including phenoxy) is 1. The lowest BCUT2D eigenvalue weighted by molar-refractivity contribution is -0.121. The Morgan fingerprint density at radius 3 is 2.81 bits per heavy atom. The van der Waals surface area contributed by atoms with Crippen LogP contribution in [0.5, 0.6) is 5.75 Å². The average Bonchev–Trinajstić information content (AvgIpc) is 2.60. The van der Waals surface area contributed by atoms with Gasteiger partial charge >= 0.3 is 0 Å². The second kappa shape index (κ2) is 8.10. The number of benzene rings is 2. The van der Waals surface area contributed by atoms with E-state index in [0.717, 1.165) is 11.3 Å². The Hall–Kier alpha value is -2.05. The molecule has 2 aromatic carbocycles. The van der Waals surface area contributed by atoms with Crippen LogP contribution in [-0.4, -0.2) is 26.7 Å². The normalized spacial score (nSPS) is 16.4. The third-order valence-electron chi connectivity index (χ3n) is 4.21. The van der Waals surface area contributed by atoms with Crippen LogP contribution in [0.15, 0.2) is 48.5 Å². The number of hydrogen-bond donors (Lipinski definition) is 1. The minimum absolute atomic E-state index is 0.0670. The molecule has 0 aliphatic carbocycles. The lowest BCUT2D eigenvalue weighted by atomic mass is 10.0. The van der Waals surface area contributed by atoms with Crippen LogP contribution in [0.3, 0.4) is 0 Å². The summed E-state index contributed by atoms with van der Waals surface area (Å²) in [6.45, 7) is 0.523. The zero-order chi connectivity index (χ0) is 18.6. The van der Waals surface area contributed by atoms with E-state index in [2.05, 4.69) is 5.32 Å². The summed E-state index contributed by atoms with van der Waals surface area (Å²) in [5, 5.41) is 3.41. The summed E-state index contributed by atoms with van der Waals surface area (Å²) in [6, 6.07) is 14.1. The lowest BCUT2D eigenvalue weighted by Crippen LogP contribution is -2.33. The summed E-state index contributed by atoms with van der Waals surface area (Å²) >= 11 is 5.88. The predicted octanol–water partition coefficient (Wildman–Crippen LogP) is 3.28. The molecule has 1 aliphatic heterocycles. The van der Waals surface area contributed by atoms with Crippen LogP contribution in [0.2, 0.25) is 5.02 Å². The van der Waals surface area contributed by atoms with E-state index in [1.807, 2.05) is 24.3 Å². The Labute approximate surface area is 158 Å². The predicted molar refractivity (Wildman–Crippen MR) is 101 cm³/mol. The third-order valence-corrected chi connectivity index (χ3v) is 6.04. The molecule has 0 spiro atoms. The van der Waals surface area contributed by atoms with E-state index in [1.54, 1.807) is 24.3 Å². The van der Waals surface area contributed by atoms with Gasteiger partial charge in [-0.25, -0.2) is 8.42 Å². The fourth-order valence-corrected chi connectivity index (χ4v) is 4.50. The molecular weight excluding hydrogens is 374 g/mol. The quantitative estimate of drug-likeness (QED) is 0.817. The van der Waals surface area contributed by atoms with E-state index in [4.69, 9.17) is 16.3 Å². The maximum Gasteiger partial charge on any atom is 0.221 e. The van der Waals surface area contributed by atoms with Gasteiger partial charge in [-0.1, -0.05) is 41.9 Å². The fourth-order valence-electron chi connectivity index (χ4n) is 2.96. The molecule has 1 amide bonds. The first-order valence-corrected chi connectivity index (χ1v) is 10.6. The van der Waals surface area contributed by atoms with Gasteiger partial charge in [-0.15, -0.1) is 0 Å². The third kappa shape index (κ3) is 4.99. The van der Waals surface area contributed by atoms with Gasteiger partial charge in [0.05, 0.1) is 24.2 Å². The number of halogens is 1. The van der Waals surface area contributed by atoms with Gasteiger partial charge in [-0.3, -0.25) is 4.79 Å². The molecule has 1 heterocycles. The highest BCUT2D eigenvalue weighted by Gasteiger charge is 2.23. The Kier molecular flexibility index (Phi) is 5.84. The molecule has 2 aromatic rings. The summed E-state index contributed by atoms with van der Waals surface area (Å²) < 4.78 is 30.1. The topological polar surface area (TPSA) is 72.5 Å². The van der Waals surface area contributed by atoms with Crippen molar-refractivity contribution >= 4 is 27.3 Å². The number of amides is 1. The number of carbonyl (C=O) groups excluding carboxylic acids is 1. The van der Waals surface area contributed by atoms with E-state index >= 15 is 0 Å². The van der Waals surface area contributed by atoms with Crippen molar-refractivity contribution in [2.75, 3.05) is 12.4 Å². The molecule has 138 valence electrons. The number of carbonyl (C=O) groups is 1. The van der Waals surface area contributed by atoms with Gasteiger partial charge in [0.25, 0.3) is 0 Å². The summed E-state index contributed by atoms with van der Waals surface area (Å²) in [6.07, 6.45) is 0.598. The average molecular weight is 394 g/mol. The molecule has 0 saturated carbocycles. The van der Waals surface area contributed by atoms with Crippen LogP contribution in [0, 0.1) is 0 Å². The molecule has 0 aromatic heterocycles. The van der Waals surface area contributed by atoms with Crippen molar-refractivity contribution in [1.82, 2.24) is 5.32 Å². The zero-order valence-corrected chi connectivity index (χ0v) is 15.7. The minimum atomic E-state index is -3.39. The van der Waals surface area contributed by atoms with Crippen LogP contribution in [0.25, 0.3) is 0 Å². The Morgan fingerprint density at radius 1 is 1.19 bits per heavy atom. The summed E-state index contributed by atoms with van der Waals surface area (Å²) in [4.78, 5) is 12.2. The Morgan fingerprint density at radius 2 is 2.00 bits per heavy atom. The second-order valence-electron chi connectivity index (χ2n) is 6.27. The maximum absolute atomic E-state index is 12.3. The number of para-hydroxylation sites is 1. The van der Waals surface area contributed by atoms with Crippen LogP contribution in [0.4, 0.5) is 0 Å². The highest BCUT2D eigenvalue weighted by molar-refractivity contribution is 7.90. The monoisotopic (exact) mass is 393 g/mol. The molecular formula is C19H20ClNO4S. The highest BCUT2D eigenvalue weighted by atomic mass is 35.5. The van der Waals surface area contributed by atoms with Gasteiger partial charge in [0, 0.05) is 23.4 Å². The molecule has 1 N–H and O–H groups in total. The first-order chi connectivity index (χ1) is 12.4. The van der Waals surface area contributed by atoms with Crippen molar-refractivity contribution in [3.63, 3.8) is 0 Å². The molecule has 5 nitrogen and oxygen atoms in total. The van der Waals surface area contributed by atoms with Crippen LogP contribution >= 0.6 is 11.6 Å². The van der Waals surface area contributed by atoms with Crippen molar-refractivity contribution < 1.29 is 17.9 Å². The van der Waals surface area contributed by atoms with Crippen molar-refractivity contribution in [2.45, 2.75) is 24.6 Å². The molecule has 1 atom stereocenters. The van der Waals surface area contributed by atoms with Gasteiger partial charge in [-0.05, 0) is 23.8 Å². The molecule has 0 radical (unpaired) electrons. The van der Waals surface area contributed by atoms with Crippen LogP contribution in [0.1, 0.15) is 30.0 Å². The molecule has 0 fully saturated rings. The van der Waals surface area contributed by atoms with Gasteiger partial charge < -0.3 is 10.1 Å². The Bertz CT molecular complexity index is 898. The summed E-state index contributed by atoms with van der Waals surface area (Å²) in [5.41, 5.74) is 1.55. The summed E-state index contributed by atoms with van der Waals surface area (Å²) in [7, 11) is -3.39. The van der Waals surface area contributed by atoms with Crippen LogP contribution in [-0.2, 0) is 20.4 Å².